The summed E-state index contributed by atoms with van der Waals surface area (Å²) < 4.78 is 19.6. The predicted molar refractivity (Wildman–Crippen MR) is 157 cm³/mol. The molecule has 0 N–H and O–H groups in total. The smallest absolute Gasteiger partial charge is 0.311 e. The Balaban J connectivity index is 1.32. The largest absolute Gasteiger partial charge is 0.493 e. The zero-order valence-corrected chi connectivity index (χ0v) is 24.0. The van der Waals surface area contributed by atoms with Gasteiger partial charge in [-0.2, -0.15) is 0 Å². The average Bonchev–Trinajstić information content (AvgIpc) is 3.26. The molecule has 4 rings (SSSR count). The van der Waals surface area contributed by atoms with Gasteiger partial charge in [-0.05, 0) is 37.1 Å². The number of ether oxygens (including phenoxy) is 3. The lowest BCUT2D eigenvalue weighted by molar-refractivity contribution is -0.165. The fourth-order valence-electron chi connectivity index (χ4n) is 4.10. The summed E-state index contributed by atoms with van der Waals surface area (Å²) in [5.41, 5.74) is 3.45. The predicted octanol–water partition coefficient (Wildman–Crippen LogP) is 6.25. The molecule has 4 aromatic rings. The van der Waals surface area contributed by atoms with Gasteiger partial charge in [0.15, 0.2) is 0 Å². The number of oxime groups is 1. The van der Waals surface area contributed by atoms with Gasteiger partial charge in [-0.1, -0.05) is 72.8 Å². The third kappa shape index (κ3) is 7.51. The molecule has 210 valence electrons. The second-order valence-electron chi connectivity index (χ2n) is 9.50. The van der Waals surface area contributed by atoms with Crippen LogP contribution in [0.1, 0.15) is 44.7 Å². The summed E-state index contributed by atoms with van der Waals surface area (Å²) in [4.78, 5) is 29.6. The minimum Gasteiger partial charge on any atom is -0.493 e. The zero-order chi connectivity index (χ0) is 28.5. The molecular formula is C31H34N2O6S. The average molecular weight is 563 g/mol. The van der Waals surface area contributed by atoms with E-state index in [1.807, 2.05) is 65.2 Å². The molecule has 1 atom stereocenters. The summed E-state index contributed by atoms with van der Waals surface area (Å²) in [7, 11) is 1.53. The maximum Gasteiger partial charge on any atom is 0.311 e. The fourth-order valence-corrected chi connectivity index (χ4v) is 5.06. The van der Waals surface area contributed by atoms with Gasteiger partial charge in [-0.25, -0.2) is 0 Å². The monoisotopic (exact) mass is 562 g/mol. The van der Waals surface area contributed by atoms with Crippen LogP contribution >= 0.6 is 11.3 Å². The molecule has 9 heteroatoms. The van der Waals surface area contributed by atoms with Crippen molar-refractivity contribution in [3.63, 3.8) is 0 Å². The third-order valence-electron chi connectivity index (χ3n) is 6.08. The molecule has 0 radical (unpaired) electrons. The van der Waals surface area contributed by atoms with Crippen LogP contribution in [0, 0.1) is 5.92 Å². The topological polar surface area (TPSA) is 88.3 Å². The number of aryl methyl sites for hydroxylation is 1. The van der Waals surface area contributed by atoms with Crippen molar-refractivity contribution in [3.05, 3.63) is 93.6 Å². The van der Waals surface area contributed by atoms with E-state index in [-0.39, 0.29) is 16.8 Å². The van der Waals surface area contributed by atoms with E-state index in [1.54, 1.807) is 32.9 Å². The lowest BCUT2D eigenvalue weighted by Gasteiger charge is -2.17. The number of rotatable bonds is 13. The number of hydrogen-bond donors (Lipinski definition) is 0. The first-order valence-corrected chi connectivity index (χ1v) is 14.1. The normalized spacial score (nSPS) is 12.4. The number of benzene rings is 3. The number of unbranched alkanes of at least 4 members (excludes halogenated alkanes) is 1. The highest BCUT2D eigenvalue weighted by molar-refractivity contribution is 7.16. The molecule has 0 saturated heterocycles. The van der Waals surface area contributed by atoms with Gasteiger partial charge in [0.2, 0.25) is 6.29 Å². The Morgan fingerprint density at radius 2 is 1.70 bits per heavy atom. The SMILES string of the molecule is CON=C(c1ccccc1)c1ccc2c(c1)sc(=O)n2CCCCOc1cccc(OC(C)OC(=O)C(C)C)c1. The summed E-state index contributed by atoms with van der Waals surface area (Å²) in [5, 5.41) is 4.23. The Labute approximate surface area is 237 Å². The standard InChI is InChI=1S/C31H34N2O6S/c1-21(2)30(34)39-22(3)38-26-14-10-13-25(20-26)37-18-9-8-17-33-27-16-15-24(19-28(27)40-31(33)35)29(32-36-4)23-11-6-5-7-12-23/h5-7,10-16,19-22H,8-9,17-18H2,1-4H3. The Morgan fingerprint density at radius 1 is 0.925 bits per heavy atom. The number of carbonyl (C=O) groups is 1. The first kappa shape index (κ1) is 28.9. The first-order valence-electron chi connectivity index (χ1n) is 13.3. The number of fused-ring (bicyclic) bond motifs is 1. The van der Waals surface area contributed by atoms with E-state index in [2.05, 4.69) is 5.16 Å². The van der Waals surface area contributed by atoms with Gasteiger partial charge in [0, 0.05) is 30.7 Å². The van der Waals surface area contributed by atoms with E-state index in [9.17, 15) is 9.59 Å². The quantitative estimate of drug-likeness (QED) is 0.0630. The molecule has 3 aromatic carbocycles. The van der Waals surface area contributed by atoms with Gasteiger partial charge in [0.25, 0.3) is 0 Å². The van der Waals surface area contributed by atoms with Crippen molar-refractivity contribution in [2.75, 3.05) is 13.7 Å². The zero-order valence-electron chi connectivity index (χ0n) is 23.2. The maximum absolute atomic E-state index is 12.8. The lowest BCUT2D eigenvalue weighted by Crippen LogP contribution is -2.23. The lowest BCUT2D eigenvalue weighted by atomic mass is 10.0. The molecular weight excluding hydrogens is 528 g/mol. The van der Waals surface area contributed by atoms with Crippen molar-refractivity contribution in [1.82, 2.24) is 4.57 Å². The highest BCUT2D eigenvalue weighted by atomic mass is 32.1. The van der Waals surface area contributed by atoms with E-state index < -0.39 is 6.29 Å². The van der Waals surface area contributed by atoms with Crippen LogP contribution < -0.4 is 14.3 Å². The van der Waals surface area contributed by atoms with Crippen LogP contribution in [0.5, 0.6) is 11.5 Å². The molecule has 1 heterocycles. The number of aromatic nitrogens is 1. The van der Waals surface area contributed by atoms with Gasteiger partial charge < -0.3 is 19.0 Å². The second kappa shape index (κ2) is 13.8. The number of thiazole rings is 1. The van der Waals surface area contributed by atoms with Crippen molar-refractivity contribution < 1.29 is 23.8 Å². The Hall–Kier alpha value is -4.11. The second-order valence-corrected chi connectivity index (χ2v) is 10.5. The number of nitrogens with zero attached hydrogens (tertiary/aromatic N) is 2. The van der Waals surface area contributed by atoms with Gasteiger partial charge in [-0.3, -0.25) is 14.2 Å². The summed E-state index contributed by atoms with van der Waals surface area (Å²) >= 11 is 1.23. The van der Waals surface area contributed by atoms with Crippen molar-refractivity contribution in [2.24, 2.45) is 11.1 Å². The van der Waals surface area contributed by atoms with Crippen molar-refractivity contribution in [1.29, 1.82) is 0 Å². The molecule has 1 unspecified atom stereocenters. The number of hydrogen-bond acceptors (Lipinski definition) is 8. The molecule has 0 fully saturated rings. The number of esters is 1. The first-order chi connectivity index (χ1) is 19.4. The Kier molecular flexibility index (Phi) is 9.96. The number of carbonyl (C=O) groups excluding carboxylic acids is 1. The molecule has 0 aliphatic carbocycles. The highest BCUT2D eigenvalue weighted by Crippen LogP contribution is 2.23. The molecule has 0 amide bonds. The van der Waals surface area contributed by atoms with Crippen LogP contribution in [0.3, 0.4) is 0 Å². The van der Waals surface area contributed by atoms with Crippen LogP contribution in [-0.4, -0.2) is 36.3 Å². The van der Waals surface area contributed by atoms with Gasteiger partial charge in [-0.15, -0.1) is 0 Å². The highest BCUT2D eigenvalue weighted by Gasteiger charge is 2.15. The van der Waals surface area contributed by atoms with Crippen LogP contribution in [0.4, 0.5) is 0 Å². The molecule has 8 nitrogen and oxygen atoms in total. The van der Waals surface area contributed by atoms with Gasteiger partial charge in [0.05, 0.1) is 22.7 Å². The van der Waals surface area contributed by atoms with Crippen molar-refractivity contribution in [2.45, 2.75) is 46.4 Å². The molecule has 1 aromatic heterocycles. The molecule has 0 saturated carbocycles. The Morgan fingerprint density at radius 3 is 2.45 bits per heavy atom. The van der Waals surface area contributed by atoms with Crippen LogP contribution in [0.25, 0.3) is 10.2 Å². The minimum atomic E-state index is -0.697. The van der Waals surface area contributed by atoms with Crippen LogP contribution in [0.15, 0.2) is 82.7 Å². The molecule has 0 aliphatic rings. The van der Waals surface area contributed by atoms with Crippen molar-refractivity contribution in [3.8, 4) is 11.5 Å². The molecule has 0 spiro atoms. The minimum absolute atomic E-state index is 0.00940. The molecule has 40 heavy (non-hydrogen) atoms. The van der Waals surface area contributed by atoms with E-state index in [0.29, 0.717) is 24.7 Å². The van der Waals surface area contributed by atoms with Crippen LogP contribution in [-0.2, 0) is 20.9 Å². The summed E-state index contributed by atoms with van der Waals surface area (Å²) in [6, 6.07) is 23.0. The van der Waals surface area contributed by atoms with Crippen LogP contribution in [0.2, 0.25) is 0 Å². The van der Waals surface area contributed by atoms with E-state index in [4.69, 9.17) is 19.0 Å². The molecule has 0 aliphatic heterocycles. The van der Waals surface area contributed by atoms with Crippen molar-refractivity contribution >= 4 is 33.2 Å². The fraction of sp³-hybridized carbons (Fsp3) is 0.323. The maximum atomic E-state index is 12.8. The van der Waals surface area contributed by atoms with Gasteiger partial charge >= 0.3 is 10.8 Å². The summed E-state index contributed by atoms with van der Waals surface area (Å²) in [5.74, 6) is 0.694. The summed E-state index contributed by atoms with van der Waals surface area (Å²) in [6.07, 6.45) is 0.859. The third-order valence-corrected chi connectivity index (χ3v) is 7.02. The molecule has 0 bridgehead atoms. The Bertz CT molecular complexity index is 1510. The summed E-state index contributed by atoms with van der Waals surface area (Å²) in [6.45, 7) is 6.33. The van der Waals surface area contributed by atoms with E-state index >= 15 is 0 Å². The van der Waals surface area contributed by atoms with E-state index in [1.165, 1.54) is 18.4 Å². The van der Waals surface area contributed by atoms with E-state index in [0.717, 1.165) is 39.9 Å². The van der Waals surface area contributed by atoms with Gasteiger partial charge in [0.1, 0.15) is 24.3 Å².